The van der Waals surface area contributed by atoms with Crippen LogP contribution in [0.15, 0.2) is 0 Å². The minimum absolute atomic E-state index is 0.906. The van der Waals surface area contributed by atoms with Gasteiger partial charge in [0.2, 0.25) is 0 Å². The molecule has 0 saturated carbocycles. The number of hydroxylamine groups is 2. The third kappa shape index (κ3) is 1.43. The van der Waals surface area contributed by atoms with Gasteiger partial charge in [-0.3, -0.25) is 4.84 Å². The Hall–Kier alpha value is -0.120. The van der Waals surface area contributed by atoms with Crippen LogP contribution in [0.4, 0.5) is 0 Å². The van der Waals surface area contributed by atoms with Crippen molar-refractivity contribution in [3.8, 4) is 0 Å². The van der Waals surface area contributed by atoms with Gasteiger partial charge in [0.1, 0.15) is 0 Å². The van der Waals surface area contributed by atoms with Crippen LogP contribution in [0.5, 0.6) is 0 Å². The van der Waals surface area contributed by atoms with E-state index in [4.69, 9.17) is 4.84 Å². The summed E-state index contributed by atoms with van der Waals surface area (Å²) in [6, 6.07) is 0. The highest BCUT2D eigenvalue weighted by Crippen LogP contribution is 1.98. The van der Waals surface area contributed by atoms with Gasteiger partial charge in [-0.1, -0.05) is 0 Å². The molecule has 0 amide bonds. The Morgan fingerprint density at radius 2 is 2.50 bits per heavy atom. The summed E-state index contributed by atoms with van der Waals surface area (Å²) in [4.78, 5) is 5.03. The average Bonchev–Trinajstić information content (AvgIpc) is 1.63. The van der Waals surface area contributed by atoms with Crippen LogP contribution < -0.4 is 5.32 Å². The predicted octanol–water partition coefficient (Wildman–Crippen LogP) is -0.547. The Morgan fingerprint density at radius 1 is 1.75 bits per heavy atom. The van der Waals surface area contributed by atoms with Crippen LogP contribution in [0.25, 0.3) is 0 Å². The molecule has 1 aliphatic heterocycles. The molecule has 0 bridgehead atoms. The summed E-state index contributed by atoms with van der Waals surface area (Å²) in [5.41, 5.74) is 0. The van der Waals surface area contributed by atoms with Gasteiger partial charge in [0.05, 0.1) is 6.61 Å². The van der Waals surface area contributed by atoms with Gasteiger partial charge < -0.3 is 5.32 Å². The fourth-order valence-corrected chi connectivity index (χ4v) is 0.633. The lowest BCUT2D eigenvalue weighted by atomic mass is 10.5. The molecule has 0 spiro atoms. The number of nitrogens with one attached hydrogen (secondary N) is 1. The van der Waals surface area contributed by atoms with Crippen molar-refractivity contribution in [1.82, 2.24) is 10.4 Å². The molecule has 8 heavy (non-hydrogen) atoms. The van der Waals surface area contributed by atoms with Crippen molar-refractivity contribution < 1.29 is 4.84 Å². The first-order valence-corrected chi connectivity index (χ1v) is 2.96. The van der Waals surface area contributed by atoms with Crippen molar-refractivity contribution in [2.75, 3.05) is 33.3 Å². The van der Waals surface area contributed by atoms with E-state index in [-0.39, 0.29) is 0 Å². The summed E-state index contributed by atoms with van der Waals surface area (Å²) < 4.78 is 0. The molecule has 0 unspecified atom stereocenters. The van der Waals surface area contributed by atoms with E-state index in [0.29, 0.717) is 0 Å². The molecule has 1 fully saturated rings. The molecule has 1 saturated heterocycles. The summed E-state index contributed by atoms with van der Waals surface area (Å²) in [7, 11) is 1.94. The number of hydrogen-bond acceptors (Lipinski definition) is 3. The zero-order chi connectivity index (χ0) is 5.82. The molecule has 0 radical (unpaired) electrons. The Morgan fingerprint density at radius 3 is 2.88 bits per heavy atom. The lowest BCUT2D eigenvalue weighted by molar-refractivity contribution is -0.245. The maximum absolute atomic E-state index is 5.03. The lowest BCUT2D eigenvalue weighted by Crippen LogP contribution is -2.42. The van der Waals surface area contributed by atoms with Crippen LogP contribution in [0.3, 0.4) is 0 Å². The normalized spacial score (nSPS) is 20.6. The maximum atomic E-state index is 5.03. The largest absolute Gasteiger partial charge is 0.318 e. The molecule has 3 heteroatoms. The standard InChI is InChI=1S/C5H12N2O/c1-6-2-3-7-4-5-8-7/h6H,2-5H2,1H3. The van der Waals surface area contributed by atoms with Gasteiger partial charge >= 0.3 is 0 Å². The van der Waals surface area contributed by atoms with E-state index in [1.807, 2.05) is 12.1 Å². The van der Waals surface area contributed by atoms with Gasteiger partial charge in [-0.25, -0.2) is 0 Å². The third-order valence-corrected chi connectivity index (χ3v) is 1.23. The third-order valence-electron chi connectivity index (χ3n) is 1.23. The zero-order valence-electron chi connectivity index (χ0n) is 5.18. The molecular weight excluding hydrogens is 104 g/mol. The zero-order valence-corrected chi connectivity index (χ0v) is 5.18. The van der Waals surface area contributed by atoms with Crippen molar-refractivity contribution >= 4 is 0 Å². The molecule has 0 aromatic carbocycles. The maximum Gasteiger partial charge on any atom is 0.0835 e. The first-order valence-electron chi connectivity index (χ1n) is 2.96. The fraction of sp³-hybridized carbons (Fsp3) is 1.00. The van der Waals surface area contributed by atoms with E-state index in [0.717, 1.165) is 26.2 Å². The highest BCUT2D eigenvalue weighted by atomic mass is 16.7. The smallest absolute Gasteiger partial charge is 0.0835 e. The molecule has 1 aliphatic rings. The quantitative estimate of drug-likeness (QED) is 0.535. The molecule has 0 atom stereocenters. The fourth-order valence-electron chi connectivity index (χ4n) is 0.633. The summed E-state index contributed by atoms with van der Waals surface area (Å²) in [6.07, 6.45) is 0. The topological polar surface area (TPSA) is 24.5 Å². The Kier molecular flexibility index (Phi) is 2.27. The van der Waals surface area contributed by atoms with Crippen LogP contribution in [-0.2, 0) is 4.84 Å². The van der Waals surface area contributed by atoms with Gasteiger partial charge in [-0.2, -0.15) is 5.06 Å². The summed E-state index contributed by atoms with van der Waals surface area (Å²) in [6.45, 7) is 4.03. The first-order chi connectivity index (χ1) is 3.93. The minimum atomic E-state index is 0.906. The number of rotatable bonds is 3. The summed E-state index contributed by atoms with van der Waals surface area (Å²) in [5, 5.41) is 5.00. The molecule has 1 N–H and O–H groups in total. The van der Waals surface area contributed by atoms with Gasteiger partial charge in [0.15, 0.2) is 0 Å². The number of likely N-dealkylation sites (N-methyl/N-ethyl adjacent to an activating group) is 1. The first kappa shape index (κ1) is 6.01. The van der Waals surface area contributed by atoms with Gasteiger partial charge in [0, 0.05) is 19.6 Å². The summed E-state index contributed by atoms with van der Waals surface area (Å²) in [5.74, 6) is 0. The Balaban J connectivity index is 1.86. The molecule has 0 aromatic rings. The highest BCUT2D eigenvalue weighted by Gasteiger charge is 2.12. The van der Waals surface area contributed by atoms with Crippen LogP contribution in [0, 0.1) is 0 Å². The van der Waals surface area contributed by atoms with Gasteiger partial charge in [-0.05, 0) is 7.05 Å². The molecule has 1 heterocycles. The van der Waals surface area contributed by atoms with E-state index >= 15 is 0 Å². The SMILES string of the molecule is CNCCN1CCO1. The van der Waals surface area contributed by atoms with Crippen molar-refractivity contribution in [1.29, 1.82) is 0 Å². The van der Waals surface area contributed by atoms with Crippen LogP contribution in [-0.4, -0.2) is 38.4 Å². The van der Waals surface area contributed by atoms with Crippen LogP contribution in [0.1, 0.15) is 0 Å². The molecule has 1 rings (SSSR count). The van der Waals surface area contributed by atoms with Gasteiger partial charge in [0.25, 0.3) is 0 Å². The second-order valence-corrected chi connectivity index (χ2v) is 1.87. The van der Waals surface area contributed by atoms with Crippen molar-refractivity contribution in [2.45, 2.75) is 0 Å². The highest BCUT2D eigenvalue weighted by molar-refractivity contribution is 4.53. The van der Waals surface area contributed by atoms with Crippen molar-refractivity contribution in [3.05, 3.63) is 0 Å². The Labute approximate surface area is 49.6 Å². The predicted molar refractivity (Wildman–Crippen MR) is 31.5 cm³/mol. The van der Waals surface area contributed by atoms with Crippen molar-refractivity contribution in [3.63, 3.8) is 0 Å². The van der Waals surface area contributed by atoms with Crippen LogP contribution in [0.2, 0.25) is 0 Å². The van der Waals surface area contributed by atoms with Crippen LogP contribution >= 0.6 is 0 Å². The molecule has 48 valence electrons. The minimum Gasteiger partial charge on any atom is -0.318 e. The van der Waals surface area contributed by atoms with E-state index < -0.39 is 0 Å². The number of hydrogen-bond donors (Lipinski definition) is 1. The molecule has 0 aliphatic carbocycles. The Bertz CT molecular complexity index is 63.4. The lowest BCUT2D eigenvalue weighted by Gasteiger charge is -2.29. The van der Waals surface area contributed by atoms with Gasteiger partial charge in [-0.15, -0.1) is 0 Å². The van der Waals surface area contributed by atoms with E-state index in [1.165, 1.54) is 0 Å². The number of nitrogens with zero attached hydrogens (tertiary/aromatic N) is 1. The van der Waals surface area contributed by atoms with E-state index in [1.54, 1.807) is 0 Å². The van der Waals surface area contributed by atoms with E-state index in [9.17, 15) is 0 Å². The molecule has 3 nitrogen and oxygen atoms in total. The molecular formula is C5H12N2O. The van der Waals surface area contributed by atoms with Crippen molar-refractivity contribution in [2.24, 2.45) is 0 Å². The second kappa shape index (κ2) is 3.02. The monoisotopic (exact) mass is 116 g/mol. The second-order valence-electron chi connectivity index (χ2n) is 1.87. The molecule has 0 aromatic heterocycles. The van der Waals surface area contributed by atoms with E-state index in [2.05, 4.69) is 5.32 Å². The summed E-state index contributed by atoms with van der Waals surface area (Å²) >= 11 is 0. The average molecular weight is 116 g/mol.